The van der Waals surface area contributed by atoms with Gasteiger partial charge in [0, 0.05) is 136 Å². The van der Waals surface area contributed by atoms with Crippen LogP contribution in [0.5, 0.6) is 0 Å². The highest BCUT2D eigenvalue weighted by atomic mass is 20.0. The first-order valence-electron chi connectivity index (χ1n) is 8.94. The molecule has 0 fully saturated rings. The standard InChI is InChI=1S/C4H6.C3H4.C2H2.5CH4.B4.B3.B2.B.4F2.2FH.12H2/c1-3-4-2;1-3-2;1-2;;;;;;1-4(2)3;1-3-2;1-2;;4*1-2;;;;;;;;;;;;;;/h1-2H3;1H,2H3;1-2H;5*1H4;;;;;;;;;14*1H/i;;;;;;;;;;;;;;;;;;4*1+1D;2*1+1;;;;;;. The van der Waals surface area contributed by atoms with E-state index in [1.165, 1.54) is 0 Å². The lowest BCUT2D eigenvalue weighted by Gasteiger charge is -1.73. The van der Waals surface area contributed by atoms with Gasteiger partial charge >= 0.3 is 0 Å². The van der Waals surface area contributed by atoms with E-state index in [-0.39, 0.29) is 66.4 Å². The smallest absolute Gasteiger partial charge is 0 e. The summed E-state index contributed by atoms with van der Waals surface area (Å²) in [7, 11) is 32.0. The molecule has 0 saturated heterocycles. The molecule has 0 aromatic rings. The van der Waals surface area contributed by atoms with Gasteiger partial charge in [0.1, 0.15) is 0 Å². The maximum atomic E-state index is 8.00. The Morgan fingerprint density at radius 2 is 0.735 bits per heavy atom. The molecule has 18 radical (unpaired) electrons. The quantitative estimate of drug-likeness (QED) is 0.168. The molecule has 0 aromatic carbocycles. The largest absolute Gasteiger partial charge is 0.269 e. The topological polar surface area (TPSA) is 0 Å². The summed E-state index contributed by atoms with van der Waals surface area (Å²) in [4.78, 5) is 0. The van der Waals surface area contributed by atoms with Gasteiger partial charge in [-0.1, -0.05) is 37.1 Å². The molecule has 0 amide bonds. The van der Waals surface area contributed by atoms with Crippen LogP contribution in [0, 0.1) is 37.0 Å². The summed E-state index contributed by atoms with van der Waals surface area (Å²) >= 11 is 0. The van der Waals surface area contributed by atoms with Gasteiger partial charge in [0.2, 0.25) is 0 Å². The molecular weight excluding hydrogens is 466 g/mol. The summed E-state index contributed by atoms with van der Waals surface area (Å²) in [5, 5.41) is 0. The molecular formula is C14H58B10F10. The molecule has 0 aliphatic carbocycles. The minimum absolute atomic E-state index is 0. The van der Waals surface area contributed by atoms with Gasteiger partial charge in [-0.15, -0.1) is 37.0 Å². The second-order valence-electron chi connectivity index (χ2n) is 1.56. The fourth-order valence-corrected chi connectivity index (χ4v) is 0. The zero-order chi connectivity index (χ0) is 32.4. The van der Waals surface area contributed by atoms with Crippen LogP contribution in [0.15, 0.2) is 0 Å². The third-order valence-corrected chi connectivity index (χ3v) is 0.250. The van der Waals surface area contributed by atoms with Crippen LogP contribution in [0.1, 0.15) is 81.2 Å². The Hall–Kier alpha value is -1.37. The van der Waals surface area contributed by atoms with E-state index < -0.39 is 6.39 Å². The minimum atomic E-state index is -0.667. The van der Waals surface area contributed by atoms with Crippen LogP contribution >= 0.6 is 0 Å². The van der Waals surface area contributed by atoms with Crippen LogP contribution in [-0.4, -0.2) is 76.0 Å². The number of hydrogen-bond donors (Lipinski definition) is 0. The van der Waals surface area contributed by atoms with Crippen LogP contribution < -0.4 is 0 Å². The fraction of sp³-hybridized carbons (Fsp3) is 0.571. The molecule has 0 spiro atoms. The molecule has 0 atom stereocenters. The third kappa shape index (κ3) is 196000. The van der Waals surface area contributed by atoms with E-state index in [4.69, 9.17) is 48.5 Å². The molecule has 0 aromatic heterocycles. The zero-order valence-corrected chi connectivity index (χ0v) is 15.8. The van der Waals surface area contributed by atoms with E-state index >= 15 is 0 Å². The molecule has 0 aliphatic heterocycles. The summed E-state index contributed by atoms with van der Waals surface area (Å²) in [5.41, 5.74) is 0. The summed E-state index contributed by atoms with van der Waals surface area (Å²) in [6.07, 6.45) is 11.9. The monoisotopic (exact) mass is 537 g/mol. The molecule has 0 unspecified atom stereocenters. The summed E-state index contributed by atoms with van der Waals surface area (Å²) in [5.74, 6) is 7.61. The Morgan fingerprint density at radius 3 is 0.735 bits per heavy atom. The molecule has 0 nitrogen and oxygen atoms in total. The SMILES string of the molecule is C.C.C.C.C.C#C.C#CC.CC#CC.F.F.FF.FF.FF.FF.[2HH].[2HH].[2H][2H].[2H][2H].[2H][2H].[2H][2H].[B].[B]B([B])[B].[B][B].[B][B][B].[HH].[HH].[HH].[HH].[HH].[HH]. The van der Waals surface area contributed by atoms with Crippen LogP contribution in [0.2, 0.25) is 0 Å². The minimum Gasteiger partial charge on any atom is -0.269 e. The normalized spacial score (nSPS) is 3.53. The van der Waals surface area contributed by atoms with E-state index in [9.17, 15) is 0 Å². The molecule has 214 valence electrons. The van der Waals surface area contributed by atoms with Gasteiger partial charge < -0.3 is 0 Å². The number of terminal acetylenes is 2. The van der Waals surface area contributed by atoms with E-state index in [0.29, 0.717) is 0 Å². The van der Waals surface area contributed by atoms with Crippen molar-refractivity contribution in [2.24, 2.45) is 0 Å². The van der Waals surface area contributed by atoms with Crippen LogP contribution in [0.25, 0.3) is 0 Å². The first kappa shape index (κ1) is 94.1. The predicted octanol–water partition coefficient (Wildman–Crippen LogP) is 7.91. The highest BCUT2D eigenvalue weighted by Crippen LogP contribution is 1.43. The maximum Gasteiger partial charge on any atom is 0 e. The van der Waals surface area contributed by atoms with Crippen LogP contribution in [0.4, 0.5) is 46.0 Å². The van der Waals surface area contributed by atoms with Crippen molar-refractivity contribution < 1.29 is 69.3 Å². The van der Waals surface area contributed by atoms with E-state index in [1.807, 2.05) is 13.8 Å². The fourth-order valence-electron chi connectivity index (χ4n) is 0. The second kappa shape index (κ2) is 936. The van der Waals surface area contributed by atoms with E-state index in [1.54, 1.807) is 6.92 Å². The van der Waals surface area contributed by atoms with Gasteiger partial charge in [0.05, 0.1) is 0 Å². The lowest BCUT2D eigenvalue weighted by molar-refractivity contribution is 0.108. The Balaban J connectivity index is -0.00000000303. The molecule has 0 saturated carbocycles. The molecule has 0 heterocycles. The molecule has 20 heteroatoms. The van der Waals surface area contributed by atoms with Crippen LogP contribution in [0.3, 0.4) is 0 Å². The molecule has 0 aliphatic rings. The average Bonchev–Trinajstić information content (AvgIpc) is 2.96. The first-order valence-corrected chi connectivity index (χ1v) is 4.94. The second-order valence-corrected chi connectivity index (χ2v) is 1.56. The van der Waals surface area contributed by atoms with E-state index in [2.05, 4.69) is 91.2 Å². The van der Waals surface area contributed by atoms with Gasteiger partial charge in [0.15, 0.2) is 0 Å². The van der Waals surface area contributed by atoms with Gasteiger partial charge in [-0.3, -0.25) is 9.41 Å². The lowest BCUT2D eigenvalue weighted by Crippen LogP contribution is -2.11. The predicted molar refractivity (Wildman–Crippen MR) is 174 cm³/mol. The molecule has 0 N–H and O–H groups in total. The average molecular weight is 535 g/mol. The highest BCUT2D eigenvalue weighted by Gasteiger charge is 1.73. The van der Waals surface area contributed by atoms with Crippen molar-refractivity contribution in [2.75, 3.05) is 0 Å². The van der Waals surface area contributed by atoms with Crippen molar-refractivity contribution in [1.82, 2.24) is 0 Å². The Labute approximate surface area is 241 Å². The lowest BCUT2D eigenvalue weighted by atomic mass is 9.08. The van der Waals surface area contributed by atoms with Crippen molar-refractivity contribution in [3.63, 3.8) is 0 Å². The Morgan fingerprint density at radius 1 is 0.706 bits per heavy atom. The third-order valence-electron chi connectivity index (χ3n) is 0.250. The summed E-state index contributed by atoms with van der Waals surface area (Å²) in [6, 6.07) is 0. The Bertz CT molecular complexity index is 255. The van der Waals surface area contributed by atoms with Gasteiger partial charge in [-0.2, -0.15) is 0 Å². The van der Waals surface area contributed by atoms with Gasteiger partial charge in [-0.05, 0) is 20.8 Å². The van der Waals surface area contributed by atoms with Crippen molar-refractivity contribution >= 4 is 76.0 Å². The van der Waals surface area contributed by atoms with Crippen molar-refractivity contribution in [3.05, 3.63) is 0 Å². The molecule has 0 bridgehead atoms. The van der Waals surface area contributed by atoms with Gasteiger partial charge in [0.25, 0.3) is 0 Å². The van der Waals surface area contributed by atoms with Gasteiger partial charge in [-0.25, -0.2) is 0 Å². The number of rotatable bonds is 0. The summed E-state index contributed by atoms with van der Waals surface area (Å²) in [6.45, 7) is 5.29. The first-order chi connectivity index (χ1) is 16.5. The summed E-state index contributed by atoms with van der Waals surface area (Å²) < 4.78 is 104. The van der Waals surface area contributed by atoms with E-state index in [0.717, 1.165) is 7.06 Å². The highest BCUT2D eigenvalue weighted by molar-refractivity contribution is 7.49. The number of hydrogen-bond acceptors (Lipinski definition) is 0. The Kier molecular flexibility index (Phi) is 2590. The van der Waals surface area contributed by atoms with Crippen LogP contribution in [-0.2, 0) is 0 Å². The van der Waals surface area contributed by atoms with Crippen molar-refractivity contribution in [3.8, 4) is 37.0 Å². The maximum absolute atomic E-state index is 8.00. The molecule has 34 heavy (non-hydrogen) atoms. The van der Waals surface area contributed by atoms with Crippen molar-refractivity contribution in [2.45, 2.75) is 57.9 Å². The number of halogens is 10. The zero-order valence-electron chi connectivity index (χ0n) is 23.8. The van der Waals surface area contributed by atoms with Crippen molar-refractivity contribution in [1.29, 1.82) is 0 Å². The molecule has 0 rings (SSSR count).